The molecule has 0 aromatic heterocycles. The first kappa shape index (κ1) is 19.2. The average molecular weight is 441 g/mol. The lowest BCUT2D eigenvalue weighted by atomic mass is 10.2. The molecule has 3 aliphatic rings. The zero-order valence-electron chi connectivity index (χ0n) is 14.5. The van der Waals surface area contributed by atoms with E-state index in [9.17, 15) is 18.0 Å². The standard InChI is InChI=1S/C17H16N2O6S3/c20-15(18-11-3-4-28(22,23)8-11)7-19-16(21)14(27-17(19)26)6-10-1-2-12-13(5-10)25-9-24-12/h1-2,5-6,11H,3-4,7-9H2,(H,18,20)/b14-6-/t11-/m1/s1. The summed E-state index contributed by atoms with van der Waals surface area (Å²) in [5.41, 5.74) is 0.755. The Morgan fingerprint density at radius 2 is 2.14 bits per heavy atom. The number of carbonyl (C=O) groups is 2. The zero-order valence-corrected chi connectivity index (χ0v) is 17.0. The average Bonchev–Trinajstić information content (AvgIpc) is 3.29. The normalized spacial score (nSPS) is 24.2. The van der Waals surface area contributed by atoms with Gasteiger partial charge in [0.15, 0.2) is 21.3 Å². The Bertz CT molecular complexity index is 1000. The Balaban J connectivity index is 1.42. The van der Waals surface area contributed by atoms with Crippen molar-refractivity contribution in [1.82, 2.24) is 10.2 Å². The smallest absolute Gasteiger partial charge is 0.266 e. The third-order valence-electron chi connectivity index (χ3n) is 4.47. The van der Waals surface area contributed by atoms with Gasteiger partial charge in [0.1, 0.15) is 10.9 Å². The number of hydrogen-bond acceptors (Lipinski definition) is 8. The molecule has 2 saturated heterocycles. The van der Waals surface area contributed by atoms with Crippen LogP contribution in [0.25, 0.3) is 6.08 Å². The Kier molecular flexibility index (Phi) is 5.06. The molecular formula is C17H16N2O6S3. The van der Waals surface area contributed by atoms with Crippen LogP contribution in [0.1, 0.15) is 12.0 Å². The largest absolute Gasteiger partial charge is 0.454 e. The van der Waals surface area contributed by atoms with Crippen LogP contribution >= 0.6 is 24.0 Å². The second kappa shape index (κ2) is 7.37. The number of amides is 2. The molecule has 0 unspecified atom stereocenters. The van der Waals surface area contributed by atoms with Gasteiger partial charge in [-0.3, -0.25) is 14.5 Å². The van der Waals surface area contributed by atoms with Gasteiger partial charge in [0.05, 0.1) is 16.4 Å². The van der Waals surface area contributed by atoms with Gasteiger partial charge in [-0.1, -0.05) is 30.0 Å². The van der Waals surface area contributed by atoms with Gasteiger partial charge in [-0.15, -0.1) is 0 Å². The molecule has 2 amide bonds. The summed E-state index contributed by atoms with van der Waals surface area (Å²) in [6, 6.07) is 4.91. The van der Waals surface area contributed by atoms with Crippen LogP contribution in [-0.4, -0.2) is 60.3 Å². The number of ether oxygens (including phenoxy) is 2. The number of carbonyl (C=O) groups excluding carboxylic acids is 2. The van der Waals surface area contributed by atoms with Gasteiger partial charge in [-0.2, -0.15) is 0 Å². The lowest BCUT2D eigenvalue weighted by molar-refractivity contribution is -0.129. The van der Waals surface area contributed by atoms with Crippen LogP contribution in [0.5, 0.6) is 11.5 Å². The van der Waals surface area contributed by atoms with Crippen LogP contribution in [0.3, 0.4) is 0 Å². The second-order valence-electron chi connectivity index (χ2n) is 6.55. The van der Waals surface area contributed by atoms with E-state index in [1.807, 2.05) is 0 Å². The maximum Gasteiger partial charge on any atom is 0.266 e. The summed E-state index contributed by atoms with van der Waals surface area (Å²) in [6.45, 7) is -0.0714. The van der Waals surface area contributed by atoms with Crippen LogP contribution in [0.2, 0.25) is 0 Å². The van der Waals surface area contributed by atoms with Crippen molar-refractivity contribution in [3.05, 3.63) is 28.7 Å². The molecule has 1 aromatic carbocycles. The lowest BCUT2D eigenvalue weighted by Crippen LogP contribution is -2.43. The van der Waals surface area contributed by atoms with Gasteiger partial charge in [-0.05, 0) is 30.2 Å². The zero-order chi connectivity index (χ0) is 19.9. The van der Waals surface area contributed by atoms with E-state index in [0.717, 1.165) is 17.3 Å². The first-order valence-corrected chi connectivity index (χ1v) is 11.5. The van der Waals surface area contributed by atoms with Crippen molar-refractivity contribution in [2.45, 2.75) is 12.5 Å². The molecule has 0 bridgehead atoms. The van der Waals surface area contributed by atoms with Crippen LogP contribution < -0.4 is 14.8 Å². The van der Waals surface area contributed by atoms with E-state index in [1.54, 1.807) is 24.3 Å². The molecule has 11 heteroatoms. The SMILES string of the molecule is O=C(CN1C(=O)/C(=C/c2ccc3c(c2)OCO3)SC1=S)N[C@@H]1CCS(=O)(=O)C1. The third-order valence-corrected chi connectivity index (χ3v) is 7.61. The van der Waals surface area contributed by atoms with Crippen molar-refractivity contribution in [2.75, 3.05) is 24.8 Å². The molecule has 0 saturated carbocycles. The van der Waals surface area contributed by atoms with E-state index < -0.39 is 21.8 Å². The van der Waals surface area contributed by atoms with E-state index in [0.29, 0.717) is 22.8 Å². The summed E-state index contributed by atoms with van der Waals surface area (Å²) in [7, 11) is -3.09. The summed E-state index contributed by atoms with van der Waals surface area (Å²) < 4.78 is 33.9. The molecule has 1 N–H and O–H groups in total. The summed E-state index contributed by atoms with van der Waals surface area (Å²) in [4.78, 5) is 26.5. The topological polar surface area (TPSA) is 102 Å². The molecule has 0 spiro atoms. The van der Waals surface area contributed by atoms with Crippen molar-refractivity contribution in [2.24, 2.45) is 0 Å². The molecule has 2 fully saturated rings. The number of benzene rings is 1. The number of nitrogens with zero attached hydrogens (tertiary/aromatic N) is 1. The fraction of sp³-hybridized carbons (Fsp3) is 0.353. The van der Waals surface area contributed by atoms with Gasteiger partial charge >= 0.3 is 0 Å². The number of thiocarbonyl (C=S) groups is 1. The molecule has 28 heavy (non-hydrogen) atoms. The monoisotopic (exact) mass is 440 g/mol. The highest BCUT2D eigenvalue weighted by Gasteiger charge is 2.35. The van der Waals surface area contributed by atoms with Crippen LogP contribution in [0.15, 0.2) is 23.1 Å². The summed E-state index contributed by atoms with van der Waals surface area (Å²) >= 11 is 6.35. The predicted octanol–water partition coefficient (Wildman–Crippen LogP) is 0.920. The van der Waals surface area contributed by atoms with Gasteiger partial charge in [0.25, 0.3) is 5.91 Å². The molecule has 8 nitrogen and oxygen atoms in total. The predicted molar refractivity (Wildman–Crippen MR) is 108 cm³/mol. The van der Waals surface area contributed by atoms with Crippen LogP contribution in [0.4, 0.5) is 0 Å². The highest BCUT2D eigenvalue weighted by molar-refractivity contribution is 8.26. The van der Waals surface area contributed by atoms with E-state index in [-0.39, 0.29) is 35.1 Å². The summed E-state index contributed by atoms with van der Waals surface area (Å²) in [6.07, 6.45) is 2.07. The fourth-order valence-electron chi connectivity index (χ4n) is 3.12. The third kappa shape index (κ3) is 4.01. The number of thioether (sulfide) groups is 1. The first-order chi connectivity index (χ1) is 13.3. The van der Waals surface area contributed by atoms with E-state index in [4.69, 9.17) is 21.7 Å². The van der Waals surface area contributed by atoms with E-state index in [1.165, 1.54) is 4.90 Å². The summed E-state index contributed by atoms with van der Waals surface area (Å²) in [5.74, 6) is 0.466. The quantitative estimate of drug-likeness (QED) is 0.545. The number of rotatable bonds is 4. The first-order valence-electron chi connectivity index (χ1n) is 8.45. The maximum absolute atomic E-state index is 12.6. The molecule has 148 valence electrons. The Morgan fingerprint density at radius 1 is 1.36 bits per heavy atom. The van der Waals surface area contributed by atoms with Crippen LogP contribution in [0, 0.1) is 0 Å². The van der Waals surface area contributed by atoms with Gasteiger partial charge < -0.3 is 14.8 Å². The molecular weight excluding hydrogens is 424 g/mol. The molecule has 3 heterocycles. The Hall–Kier alpha value is -2.11. The Labute approximate surface area is 171 Å². The fourth-order valence-corrected chi connectivity index (χ4v) is 6.04. The maximum atomic E-state index is 12.6. The van der Waals surface area contributed by atoms with Crippen molar-refractivity contribution in [3.63, 3.8) is 0 Å². The highest BCUT2D eigenvalue weighted by atomic mass is 32.2. The second-order valence-corrected chi connectivity index (χ2v) is 10.5. The van der Waals surface area contributed by atoms with E-state index in [2.05, 4.69) is 5.32 Å². The van der Waals surface area contributed by atoms with Crippen molar-refractivity contribution < 1.29 is 27.5 Å². The number of hydrogen-bond donors (Lipinski definition) is 1. The summed E-state index contributed by atoms with van der Waals surface area (Å²) in [5, 5.41) is 2.66. The Morgan fingerprint density at radius 3 is 2.89 bits per heavy atom. The minimum absolute atomic E-state index is 0.0667. The number of sulfone groups is 1. The number of fused-ring (bicyclic) bond motifs is 1. The molecule has 0 aliphatic carbocycles. The van der Waals surface area contributed by atoms with Crippen LogP contribution in [-0.2, 0) is 19.4 Å². The minimum Gasteiger partial charge on any atom is -0.454 e. The highest BCUT2D eigenvalue weighted by Crippen LogP contribution is 2.36. The van der Waals surface area contributed by atoms with Crippen molar-refractivity contribution in [3.8, 4) is 11.5 Å². The van der Waals surface area contributed by atoms with Gasteiger partial charge in [0, 0.05) is 6.04 Å². The molecule has 3 aliphatic heterocycles. The van der Waals surface area contributed by atoms with Crippen molar-refractivity contribution in [1.29, 1.82) is 0 Å². The van der Waals surface area contributed by atoms with Gasteiger partial charge in [-0.25, -0.2) is 8.42 Å². The van der Waals surface area contributed by atoms with E-state index >= 15 is 0 Å². The molecule has 0 radical (unpaired) electrons. The minimum atomic E-state index is -3.09. The molecule has 1 aromatic rings. The molecule has 1 atom stereocenters. The lowest BCUT2D eigenvalue weighted by Gasteiger charge is -2.16. The number of nitrogens with one attached hydrogen (secondary N) is 1. The molecule has 4 rings (SSSR count). The van der Waals surface area contributed by atoms with Crippen molar-refractivity contribution >= 4 is 56.0 Å². The van der Waals surface area contributed by atoms with Gasteiger partial charge in [0.2, 0.25) is 12.7 Å².